The van der Waals surface area contributed by atoms with Crippen molar-refractivity contribution in [2.75, 3.05) is 18.5 Å². The van der Waals surface area contributed by atoms with Crippen molar-refractivity contribution in [1.29, 1.82) is 0 Å². The average Bonchev–Trinajstić information content (AvgIpc) is 2.70. The van der Waals surface area contributed by atoms with Crippen LogP contribution in [0, 0.1) is 11.7 Å². The van der Waals surface area contributed by atoms with Crippen LogP contribution in [0.1, 0.15) is 0 Å². The average molecular weight is 259 g/mol. The number of anilines is 1. The Balaban J connectivity index is 2.10. The van der Waals surface area contributed by atoms with Gasteiger partial charge in [0.25, 0.3) is 0 Å². The first-order valence-corrected chi connectivity index (χ1v) is 5.55. The molecule has 4 nitrogen and oxygen atoms in total. The number of nitrogens with one attached hydrogen (secondary N) is 1. The monoisotopic (exact) mass is 258 g/mol. The number of amides is 1. The maximum absolute atomic E-state index is 13.4. The number of carbonyl (C=O) groups excluding carboxylic acids is 1. The van der Waals surface area contributed by atoms with Gasteiger partial charge in [0.1, 0.15) is 5.82 Å². The van der Waals surface area contributed by atoms with Gasteiger partial charge in [-0.1, -0.05) is 11.6 Å². The van der Waals surface area contributed by atoms with Gasteiger partial charge < -0.3 is 15.8 Å². The van der Waals surface area contributed by atoms with E-state index in [9.17, 15) is 9.18 Å². The number of hydrogen-bond donors (Lipinski definition) is 2. The molecule has 1 amide bonds. The predicted octanol–water partition coefficient (Wildman–Crippen LogP) is 1.39. The molecule has 92 valence electrons. The molecule has 1 heterocycles. The second kappa shape index (κ2) is 5.00. The summed E-state index contributed by atoms with van der Waals surface area (Å²) >= 11 is 5.72. The summed E-state index contributed by atoms with van der Waals surface area (Å²) in [6, 6.07) is 3.62. The number of benzene rings is 1. The molecule has 3 N–H and O–H groups in total. The van der Waals surface area contributed by atoms with Crippen molar-refractivity contribution in [3.05, 3.63) is 29.0 Å². The van der Waals surface area contributed by atoms with Gasteiger partial charge in [-0.15, -0.1) is 0 Å². The highest BCUT2D eigenvalue weighted by atomic mass is 35.5. The zero-order valence-electron chi connectivity index (χ0n) is 8.95. The minimum Gasteiger partial charge on any atom is -0.379 e. The van der Waals surface area contributed by atoms with Crippen LogP contribution in [0.2, 0.25) is 5.02 Å². The maximum atomic E-state index is 13.4. The van der Waals surface area contributed by atoms with Crippen LogP contribution >= 0.6 is 11.6 Å². The number of halogens is 2. The molecule has 0 aromatic heterocycles. The van der Waals surface area contributed by atoms with Gasteiger partial charge in [0.05, 0.1) is 24.8 Å². The number of carbonyl (C=O) groups is 1. The number of hydrogen-bond acceptors (Lipinski definition) is 3. The lowest BCUT2D eigenvalue weighted by Crippen LogP contribution is -2.37. The summed E-state index contributed by atoms with van der Waals surface area (Å²) in [6.45, 7) is 0.602. The van der Waals surface area contributed by atoms with E-state index in [0.717, 1.165) is 0 Å². The Morgan fingerprint density at radius 2 is 2.29 bits per heavy atom. The Morgan fingerprint density at radius 3 is 2.94 bits per heavy atom. The van der Waals surface area contributed by atoms with E-state index < -0.39 is 11.7 Å². The van der Waals surface area contributed by atoms with Gasteiger partial charge in [0.15, 0.2) is 0 Å². The molecule has 0 bridgehead atoms. The third-order valence-electron chi connectivity index (χ3n) is 2.65. The van der Waals surface area contributed by atoms with Crippen molar-refractivity contribution in [3.8, 4) is 0 Å². The molecule has 0 radical (unpaired) electrons. The third kappa shape index (κ3) is 2.74. The van der Waals surface area contributed by atoms with Crippen LogP contribution in [-0.2, 0) is 9.53 Å². The van der Waals surface area contributed by atoms with Gasteiger partial charge in [-0.25, -0.2) is 4.39 Å². The summed E-state index contributed by atoms with van der Waals surface area (Å²) in [5.41, 5.74) is 5.75. The highest BCUT2D eigenvalue weighted by molar-refractivity contribution is 6.30. The van der Waals surface area contributed by atoms with Crippen LogP contribution in [0.5, 0.6) is 0 Å². The van der Waals surface area contributed by atoms with Gasteiger partial charge in [-0.3, -0.25) is 4.79 Å². The SMILES string of the molecule is NC1COCC1C(=O)Nc1cc(Cl)ccc1F. The van der Waals surface area contributed by atoms with E-state index in [1.807, 2.05) is 0 Å². The molecule has 6 heteroatoms. The number of nitrogens with two attached hydrogens (primary N) is 1. The summed E-state index contributed by atoms with van der Waals surface area (Å²) in [7, 11) is 0. The molecule has 0 saturated carbocycles. The molecule has 2 rings (SSSR count). The smallest absolute Gasteiger partial charge is 0.231 e. The Bertz CT molecular complexity index is 441. The lowest BCUT2D eigenvalue weighted by Gasteiger charge is -2.13. The van der Waals surface area contributed by atoms with E-state index in [0.29, 0.717) is 11.6 Å². The Hall–Kier alpha value is -1.17. The lowest BCUT2D eigenvalue weighted by atomic mass is 10.0. The highest BCUT2D eigenvalue weighted by Gasteiger charge is 2.31. The fourth-order valence-corrected chi connectivity index (χ4v) is 1.83. The fraction of sp³-hybridized carbons (Fsp3) is 0.364. The summed E-state index contributed by atoms with van der Waals surface area (Å²) in [5.74, 6) is -1.33. The first kappa shape index (κ1) is 12.3. The van der Waals surface area contributed by atoms with Crippen LogP contribution in [0.25, 0.3) is 0 Å². The molecular weight excluding hydrogens is 247 g/mol. The molecule has 2 unspecified atom stereocenters. The molecule has 1 aromatic rings. The minimum absolute atomic E-state index is 0.0570. The maximum Gasteiger partial charge on any atom is 0.231 e. The highest BCUT2D eigenvalue weighted by Crippen LogP contribution is 2.21. The molecular formula is C11H12ClFN2O2. The van der Waals surface area contributed by atoms with E-state index >= 15 is 0 Å². The van der Waals surface area contributed by atoms with Crippen LogP contribution in [0.4, 0.5) is 10.1 Å². The number of rotatable bonds is 2. The molecule has 2 atom stereocenters. The normalized spacial score (nSPS) is 23.7. The first-order valence-electron chi connectivity index (χ1n) is 5.17. The first-order chi connectivity index (χ1) is 8.08. The van der Waals surface area contributed by atoms with Gasteiger partial charge >= 0.3 is 0 Å². The van der Waals surface area contributed by atoms with Gasteiger partial charge in [0.2, 0.25) is 5.91 Å². The Morgan fingerprint density at radius 1 is 1.53 bits per heavy atom. The summed E-state index contributed by atoms with van der Waals surface area (Å²) in [6.07, 6.45) is 0. The standard InChI is InChI=1S/C11H12ClFN2O2/c12-6-1-2-8(13)10(3-6)15-11(16)7-4-17-5-9(7)14/h1-3,7,9H,4-5,14H2,(H,15,16). The minimum atomic E-state index is -0.532. The summed E-state index contributed by atoms with van der Waals surface area (Å²) in [4.78, 5) is 11.8. The van der Waals surface area contributed by atoms with E-state index in [4.69, 9.17) is 22.1 Å². The molecule has 1 aromatic carbocycles. The van der Waals surface area contributed by atoms with Crippen LogP contribution in [0.15, 0.2) is 18.2 Å². The van der Waals surface area contributed by atoms with Crippen molar-refractivity contribution >= 4 is 23.2 Å². The van der Waals surface area contributed by atoms with Gasteiger partial charge in [-0.05, 0) is 18.2 Å². The Kier molecular flexibility index (Phi) is 3.61. The zero-order valence-corrected chi connectivity index (χ0v) is 9.71. The van der Waals surface area contributed by atoms with E-state index in [-0.39, 0.29) is 24.2 Å². The number of ether oxygens (including phenoxy) is 1. The molecule has 1 aliphatic heterocycles. The molecule has 1 aliphatic rings. The van der Waals surface area contributed by atoms with Gasteiger partial charge in [-0.2, -0.15) is 0 Å². The summed E-state index contributed by atoms with van der Waals surface area (Å²) < 4.78 is 18.5. The molecule has 17 heavy (non-hydrogen) atoms. The van der Waals surface area contributed by atoms with Crippen molar-refractivity contribution in [2.45, 2.75) is 6.04 Å². The zero-order chi connectivity index (χ0) is 12.4. The topological polar surface area (TPSA) is 64.3 Å². The van der Waals surface area contributed by atoms with Crippen molar-refractivity contribution < 1.29 is 13.9 Å². The molecule has 1 fully saturated rings. The van der Waals surface area contributed by atoms with Crippen molar-refractivity contribution in [2.24, 2.45) is 11.7 Å². The quantitative estimate of drug-likeness (QED) is 0.843. The van der Waals surface area contributed by atoms with E-state index in [2.05, 4.69) is 5.32 Å². The lowest BCUT2D eigenvalue weighted by molar-refractivity contribution is -0.120. The van der Waals surface area contributed by atoms with E-state index in [1.54, 1.807) is 0 Å². The predicted molar refractivity (Wildman–Crippen MR) is 62.3 cm³/mol. The van der Waals surface area contributed by atoms with Crippen molar-refractivity contribution in [3.63, 3.8) is 0 Å². The largest absolute Gasteiger partial charge is 0.379 e. The molecule has 1 saturated heterocycles. The third-order valence-corrected chi connectivity index (χ3v) is 2.88. The summed E-state index contributed by atoms with van der Waals surface area (Å²) in [5, 5.41) is 2.82. The second-order valence-corrected chi connectivity index (χ2v) is 4.36. The van der Waals surface area contributed by atoms with Gasteiger partial charge in [0, 0.05) is 11.1 Å². The Labute approximate surface area is 103 Å². The van der Waals surface area contributed by atoms with Crippen molar-refractivity contribution in [1.82, 2.24) is 0 Å². The van der Waals surface area contributed by atoms with Crippen LogP contribution in [0.3, 0.4) is 0 Å². The van der Waals surface area contributed by atoms with Crippen LogP contribution in [-0.4, -0.2) is 25.2 Å². The van der Waals surface area contributed by atoms with Crippen LogP contribution < -0.4 is 11.1 Å². The second-order valence-electron chi connectivity index (χ2n) is 3.92. The fourth-order valence-electron chi connectivity index (χ4n) is 1.66. The molecule has 0 aliphatic carbocycles. The molecule has 0 spiro atoms. The van der Waals surface area contributed by atoms with E-state index in [1.165, 1.54) is 18.2 Å².